The molecule has 0 aliphatic carbocycles. The first-order chi connectivity index (χ1) is 14.4. The monoisotopic (exact) mass is 425 g/mol. The third-order valence-electron chi connectivity index (χ3n) is 5.16. The number of benzene rings is 2. The van der Waals surface area contributed by atoms with Crippen LogP contribution in [-0.2, 0) is 14.6 Å². The van der Waals surface area contributed by atoms with E-state index in [4.69, 9.17) is 4.42 Å². The molecule has 0 radical (unpaired) electrons. The number of oxazole rings is 1. The number of amides is 1. The highest BCUT2D eigenvalue weighted by Gasteiger charge is 2.33. The molecule has 0 saturated carbocycles. The SMILES string of the molecule is CC(=O)N1CCN(c2oc(-c3cccc(C)c3)nc2S(=O)(=O)c2ccccc2)CC1. The minimum Gasteiger partial charge on any atom is -0.419 e. The van der Waals surface area contributed by atoms with E-state index in [1.807, 2.05) is 36.1 Å². The largest absolute Gasteiger partial charge is 0.419 e. The van der Waals surface area contributed by atoms with E-state index < -0.39 is 9.84 Å². The Kier molecular flexibility index (Phi) is 5.34. The summed E-state index contributed by atoms with van der Waals surface area (Å²) in [4.78, 5) is 19.8. The number of rotatable bonds is 4. The zero-order valence-corrected chi connectivity index (χ0v) is 17.7. The molecule has 1 fully saturated rings. The van der Waals surface area contributed by atoms with E-state index in [1.54, 1.807) is 35.2 Å². The van der Waals surface area contributed by atoms with Crippen molar-refractivity contribution in [2.24, 2.45) is 0 Å². The summed E-state index contributed by atoms with van der Waals surface area (Å²) in [5, 5.41) is -0.0959. The van der Waals surface area contributed by atoms with Crippen LogP contribution in [0.1, 0.15) is 12.5 Å². The van der Waals surface area contributed by atoms with Crippen LogP contribution in [0.25, 0.3) is 11.5 Å². The van der Waals surface area contributed by atoms with Crippen LogP contribution in [-0.4, -0.2) is 50.4 Å². The summed E-state index contributed by atoms with van der Waals surface area (Å²) in [7, 11) is -3.87. The summed E-state index contributed by atoms with van der Waals surface area (Å²) in [5.74, 6) is 0.487. The minimum absolute atomic E-state index is 0.00444. The Morgan fingerprint density at radius 2 is 1.70 bits per heavy atom. The molecule has 0 atom stereocenters. The molecule has 7 nitrogen and oxygen atoms in total. The number of sulfone groups is 1. The fraction of sp³-hybridized carbons (Fsp3) is 0.273. The van der Waals surface area contributed by atoms with Gasteiger partial charge in [-0.2, -0.15) is 4.98 Å². The van der Waals surface area contributed by atoms with E-state index in [9.17, 15) is 13.2 Å². The van der Waals surface area contributed by atoms with E-state index in [0.29, 0.717) is 31.7 Å². The molecular weight excluding hydrogens is 402 g/mol. The second-order valence-electron chi connectivity index (χ2n) is 7.31. The molecule has 4 rings (SSSR count). The van der Waals surface area contributed by atoms with Crippen LogP contribution in [0.5, 0.6) is 0 Å². The Hall–Kier alpha value is -3.13. The molecule has 3 aromatic rings. The van der Waals surface area contributed by atoms with Gasteiger partial charge in [0.1, 0.15) is 0 Å². The standard InChI is InChI=1S/C22H23N3O4S/c1-16-7-6-8-18(15-16)20-23-21(30(27,28)19-9-4-3-5-10-19)22(29-20)25-13-11-24(12-14-25)17(2)26/h3-10,15H,11-14H2,1-2H3. The van der Waals surface area contributed by atoms with Crippen LogP contribution in [0.15, 0.2) is 68.9 Å². The average Bonchev–Trinajstić information content (AvgIpc) is 3.21. The highest BCUT2D eigenvalue weighted by molar-refractivity contribution is 7.91. The number of anilines is 1. The molecule has 2 heterocycles. The molecule has 8 heteroatoms. The molecule has 1 amide bonds. The maximum Gasteiger partial charge on any atom is 0.236 e. The molecule has 2 aromatic carbocycles. The van der Waals surface area contributed by atoms with Gasteiger partial charge in [0.05, 0.1) is 4.90 Å². The second-order valence-corrected chi connectivity index (χ2v) is 9.17. The normalized spacial score (nSPS) is 14.7. The summed E-state index contributed by atoms with van der Waals surface area (Å²) < 4.78 is 32.8. The number of piperazine rings is 1. The quantitative estimate of drug-likeness (QED) is 0.639. The average molecular weight is 426 g/mol. The maximum atomic E-state index is 13.4. The van der Waals surface area contributed by atoms with Gasteiger partial charge in [0, 0.05) is 38.7 Å². The first-order valence-electron chi connectivity index (χ1n) is 9.75. The van der Waals surface area contributed by atoms with E-state index in [-0.39, 0.29) is 27.6 Å². The molecule has 1 aliphatic rings. The number of carbonyl (C=O) groups excluding carboxylic acids is 1. The van der Waals surface area contributed by atoms with Crippen molar-refractivity contribution in [3.05, 3.63) is 60.2 Å². The first-order valence-corrected chi connectivity index (χ1v) is 11.2. The molecule has 0 N–H and O–H groups in total. The van der Waals surface area contributed by atoms with Crippen molar-refractivity contribution >= 4 is 21.6 Å². The van der Waals surface area contributed by atoms with Crippen LogP contribution in [0.2, 0.25) is 0 Å². The number of carbonyl (C=O) groups is 1. The van der Waals surface area contributed by atoms with E-state index in [1.165, 1.54) is 6.92 Å². The van der Waals surface area contributed by atoms with Crippen LogP contribution in [0, 0.1) is 6.92 Å². The van der Waals surface area contributed by atoms with Gasteiger partial charge in [0.2, 0.25) is 32.5 Å². The Morgan fingerprint density at radius 1 is 1.00 bits per heavy atom. The number of aryl methyl sites for hydroxylation is 1. The molecule has 0 bridgehead atoms. The van der Waals surface area contributed by atoms with Gasteiger partial charge in [-0.25, -0.2) is 8.42 Å². The van der Waals surface area contributed by atoms with Gasteiger partial charge in [0.25, 0.3) is 0 Å². The Bertz CT molecular complexity index is 1160. The molecule has 1 aromatic heterocycles. The van der Waals surface area contributed by atoms with Gasteiger partial charge in [-0.05, 0) is 31.2 Å². The van der Waals surface area contributed by atoms with E-state index in [0.717, 1.165) is 5.56 Å². The highest BCUT2D eigenvalue weighted by atomic mass is 32.2. The van der Waals surface area contributed by atoms with Crippen molar-refractivity contribution < 1.29 is 17.6 Å². The van der Waals surface area contributed by atoms with Crippen molar-refractivity contribution in [2.75, 3.05) is 31.1 Å². The summed E-state index contributed by atoms with van der Waals surface area (Å²) in [5.41, 5.74) is 1.74. The topological polar surface area (TPSA) is 83.7 Å². The summed E-state index contributed by atoms with van der Waals surface area (Å²) in [6.07, 6.45) is 0. The number of aromatic nitrogens is 1. The lowest BCUT2D eigenvalue weighted by Gasteiger charge is -2.34. The van der Waals surface area contributed by atoms with Crippen molar-refractivity contribution in [3.63, 3.8) is 0 Å². The molecule has 30 heavy (non-hydrogen) atoms. The summed E-state index contributed by atoms with van der Waals surface area (Å²) >= 11 is 0. The predicted octanol–water partition coefficient (Wildman–Crippen LogP) is 3.15. The fourth-order valence-electron chi connectivity index (χ4n) is 3.51. The lowest BCUT2D eigenvalue weighted by Crippen LogP contribution is -2.48. The Balaban J connectivity index is 1.79. The Labute approximate surface area is 175 Å². The van der Waals surface area contributed by atoms with Gasteiger partial charge in [-0.15, -0.1) is 0 Å². The molecule has 1 aliphatic heterocycles. The zero-order chi connectivity index (χ0) is 21.3. The van der Waals surface area contributed by atoms with Gasteiger partial charge < -0.3 is 14.2 Å². The predicted molar refractivity (Wildman–Crippen MR) is 113 cm³/mol. The van der Waals surface area contributed by atoms with Crippen molar-refractivity contribution in [3.8, 4) is 11.5 Å². The van der Waals surface area contributed by atoms with Crippen LogP contribution < -0.4 is 4.90 Å². The Morgan fingerprint density at radius 3 is 2.33 bits per heavy atom. The van der Waals surface area contributed by atoms with Crippen molar-refractivity contribution in [1.82, 2.24) is 9.88 Å². The summed E-state index contributed by atoms with van der Waals surface area (Å²) in [6.45, 7) is 5.43. The van der Waals surface area contributed by atoms with Crippen LogP contribution in [0.4, 0.5) is 5.88 Å². The van der Waals surface area contributed by atoms with Gasteiger partial charge in [-0.1, -0.05) is 35.9 Å². The van der Waals surface area contributed by atoms with Crippen molar-refractivity contribution in [1.29, 1.82) is 0 Å². The van der Waals surface area contributed by atoms with Gasteiger partial charge in [-0.3, -0.25) is 4.79 Å². The summed E-state index contributed by atoms with van der Waals surface area (Å²) in [6, 6.07) is 15.8. The van der Waals surface area contributed by atoms with Crippen LogP contribution >= 0.6 is 0 Å². The van der Waals surface area contributed by atoms with Gasteiger partial charge in [0.15, 0.2) is 0 Å². The van der Waals surface area contributed by atoms with E-state index in [2.05, 4.69) is 4.98 Å². The van der Waals surface area contributed by atoms with Crippen molar-refractivity contribution in [2.45, 2.75) is 23.8 Å². The minimum atomic E-state index is -3.87. The molecule has 0 spiro atoms. The van der Waals surface area contributed by atoms with Gasteiger partial charge >= 0.3 is 0 Å². The zero-order valence-electron chi connectivity index (χ0n) is 16.9. The number of hydrogen-bond donors (Lipinski definition) is 0. The fourth-order valence-corrected chi connectivity index (χ4v) is 4.85. The third-order valence-corrected chi connectivity index (χ3v) is 6.83. The number of hydrogen-bond acceptors (Lipinski definition) is 6. The second kappa shape index (κ2) is 7.95. The lowest BCUT2D eigenvalue weighted by molar-refractivity contribution is -0.129. The molecule has 0 unspecified atom stereocenters. The lowest BCUT2D eigenvalue weighted by atomic mass is 10.1. The first kappa shape index (κ1) is 20.2. The highest BCUT2D eigenvalue weighted by Crippen LogP contribution is 2.35. The molecule has 1 saturated heterocycles. The van der Waals surface area contributed by atoms with E-state index >= 15 is 0 Å². The smallest absolute Gasteiger partial charge is 0.236 e. The molecule has 156 valence electrons. The third kappa shape index (κ3) is 3.82. The maximum absolute atomic E-state index is 13.4. The number of nitrogens with zero attached hydrogens (tertiary/aromatic N) is 3. The van der Waals surface area contributed by atoms with Crippen LogP contribution in [0.3, 0.4) is 0 Å². The molecular formula is C22H23N3O4S.